The van der Waals surface area contributed by atoms with Gasteiger partial charge in [-0.05, 0) is 26.8 Å². The Hall–Kier alpha value is -2.96. The van der Waals surface area contributed by atoms with E-state index in [9.17, 15) is 26.3 Å². The van der Waals surface area contributed by atoms with Crippen molar-refractivity contribution in [1.29, 1.82) is 0 Å². The Labute approximate surface area is 165 Å². The molecule has 3 aromatic rings. The predicted molar refractivity (Wildman–Crippen MR) is 90.4 cm³/mol. The van der Waals surface area contributed by atoms with Crippen LogP contribution in [-0.2, 0) is 10.8 Å². The van der Waals surface area contributed by atoms with Crippen LogP contribution < -0.4 is 4.74 Å². The van der Waals surface area contributed by atoms with Gasteiger partial charge in [-0.3, -0.25) is 9.38 Å². The third-order valence-electron chi connectivity index (χ3n) is 4.09. The third kappa shape index (κ3) is 4.01. The molecule has 0 amide bonds. The molecular formula is C17H15F6N5O2. The SMILES string of the molecule is CCOC(F)(F)c1nnc2cnc(-c3cnc(OC(C)C(F)(F)F)c(F)c3)c(C)n12. The van der Waals surface area contributed by atoms with Crippen LogP contribution in [0.1, 0.15) is 25.4 Å². The summed E-state index contributed by atoms with van der Waals surface area (Å²) in [6.07, 6.45) is -8.57. The Kier molecular flexibility index (Phi) is 5.58. The Morgan fingerprint density at radius 3 is 2.40 bits per heavy atom. The summed E-state index contributed by atoms with van der Waals surface area (Å²) < 4.78 is 90.4. The molecule has 0 radical (unpaired) electrons. The van der Waals surface area contributed by atoms with Gasteiger partial charge in [0.25, 0.3) is 5.88 Å². The lowest BCUT2D eigenvalue weighted by Gasteiger charge is -2.17. The summed E-state index contributed by atoms with van der Waals surface area (Å²) in [5.74, 6) is -2.82. The predicted octanol–water partition coefficient (Wildman–Crippen LogP) is 4.05. The maximum atomic E-state index is 14.3. The van der Waals surface area contributed by atoms with Crippen molar-refractivity contribution in [3.63, 3.8) is 0 Å². The number of hydrogen-bond acceptors (Lipinski definition) is 6. The minimum absolute atomic E-state index is 0.00184. The normalized spacial score (nSPS) is 13.6. The van der Waals surface area contributed by atoms with Gasteiger partial charge in [0.1, 0.15) is 0 Å². The second kappa shape index (κ2) is 7.70. The average molecular weight is 435 g/mol. The molecule has 3 heterocycles. The van der Waals surface area contributed by atoms with Gasteiger partial charge >= 0.3 is 12.3 Å². The topological polar surface area (TPSA) is 74.4 Å². The first-order valence-corrected chi connectivity index (χ1v) is 8.58. The third-order valence-corrected chi connectivity index (χ3v) is 4.09. The smallest absolute Gasteiger partial charge is 0.425 e. The maximum absolute atomic E-state index is 14.3. The van der Waals surface area contributed by atoms with E-state index in [1.165, 1.54) is 13.8 Å². The zero-order valence-corrected chi connectivity index (χ0v) is 15.8. The number of fused-ring (bicyclic) bond motifs is 1. The molecule has 0 saturated heterocycles. The quantitative estimate of drug-likeness (QED) is 0.544. The molecule has 0 aliphatic carbocycles. The molecule has 0 saturated carbocycles. The number of nitrogens with zero attached hydrogens (tertiary/aromatic N) is 5. The maximum Gasteiger partial charge on any atom is 0.425 e. The summed E-state index contributed by atoms with van der Waals surface area (Å²) in [6.45, 7) is 3.22. The highest BCUT2D eigenvalue weighted by atomic mass is 19.4. The molecule has 0 spiro atoms. The fourth-order valence-electron chi connectivity index (χ4n) is 2.63. The molecule has 1 unspecified atom stereocenters. The molecule has 7 nitrogen and oxygen atoms in total. The minimum atomic E-state index is -4.70. The van der Waals surface area contributed by atoms with Gasteiger partial charge < -0.3 is 9.47 Å². The van der Waals surface area contributed by atoms with Crippen molar-refractivity contribution in [3.8, 4) is 17.1 Å². The van der Waals surface area contributed by atoms with E-state index in [0.29, 0.717) is 6.92 Å². The van der Waals surface area contributed by atoms with Crippen LogP contribution in [0.25, 0.3) is 16.9 Å². The number of ether oxygens (including phenoxy) is 2. The average Bonchev–Trinajstić information content (AvgIpc) is 3.09. The highest BCUT2D eigenvalue weighted by Crippen LogP contribution is 2.32. The van der Waals surface area contributed by atoms with Crippen LogP contribution in [0.15, 0.2) is 18.5 Å². The largest absolute Gasteiger partial charge is 0.463 e. The van der Waals surface area contributed by atoms with Crippen molar-refractivity contribution in [1.82, 2.24) is 24.6 Å². The molecule has 1 atom stereocenters. The monoisotopic (exact) mass is 435 g/mol. The minimum Gasteiger partial charge on any atom is -0.463 e. The van der Waals surface area contributed by atoms with Gasteiger partial charge in [-0.1, -0.05) is 0 Å². The molecule has 0 fully saturated rings. The number of rotatable bonds is 6. The van der Waals surface area contributed by atoms with Crippen LogP contribution in [0.2, 0.25) is 0 Å². The van der Waals surface area contributed by atoms with Gasteiger partial charge in [-0.25, -0.2) is 9.37 Å². The van der Waals surface area contributed by atoms with E-state index in [-0.39, 0.29) is 29.2 Å². The van der Waals surface area contributed by atoms with Crippen LogP contribution in [0.3, 0.4) is 0 Å². The Bertz CT molecular complexity index is 1070. The van der Waals surface area contributed by atoms with Crippen LogP contribution in [0, 0.1) is 12.7 Å². The Morgan fingerprint density at radius 2 is 1.80 bits per heavy atom. The fourth-order valence-corrected chi connectivity index (χ4v) is 2.63. The Morgan fingerprint density at radius 1 is 1.10 bits per heavy atom. The van der Waals surface area contributed by atoms with E-state index in [1.54, 1.807) is 0 Å². The lowest BCUT2D eigenvalue weighted by Crippen LogP contribution is -2.31. The first-order valence-electron chi connectivity index (χ1n) is 8.58. The van der Waals surface area contributed by atoms with E-state index in [0.717, 1.165) is 22.9 Å². The number of aromatic nitrogens is 5. The second-order valence-corrected chi connectivity index (χ2v) is 6.17. The van der Waals surface area contributed by atoms with Crippen LogP contribution in [-0.4, -0.2) is 43.5 Å². The molecular weight excluding hydrogens is 420 g/mol. The van der Waals surface area contributed by atoms with Gasteiger partial charge in [-0.2, -0.15) is 22.0 Å². The highest BCUT2D eigenvalue weighted by molar-refractivity contribution is 5.63. The van der Waals surface area contributed by atoms with Crippen molar-refractivity contribution in [2.75, 3.05) is 6.61 Å². The molecule has 30 heavy (non-hydrogen) atoms. The molecule has 3 aromatic heterocycles. The zero-order valence-electron chi connectivity index (χ0n) is 15.8. The molecule has 0 aliphatic rings. The first-order chi connectivity index (χ1) is 14.0. The van der Waals surface area contributed by atoms with E-state index in [2.05, 4.69) is 29.6 Å². The van der Waals surface area contributed by atoms with Crippen molar-refractivity contribution in [3.05, 3.63) is 35.8 Å². The van der Waals surface area contributed by atoms with Gasteiger partial charge in [0.2, 0.25) is 5.82 Å². The van der Waals surface area contributed by atoms with E-state index < -0.39 is 35.9 Å². The van der Waals surface area contributed by atoms with Crippen molar-refractivity contribution in [2.24, 2.45) is 0 Å². The second-order valence-electron chi connectivity index (χ2n) is 6.17. The van der Waals surface area contributed by atoms with Crippen LogP contribution in [0.5, 0.6) is 5.88 Å². The van der Waals surface area contributed by atoms with Gasteiger partial charge in [-0.15, -0.1) is 10.2 Å². The summed E-state index contributed by atoms with van der Waals surface area (Å²) in [6, 6.07) is 0.845. The van der Waals surface area contributed by atoms with Gasteiger partial charge in [0, 0.05) is 17.5 Å². The molecule has 0 aromatic carbocycles. The summed E-state index contributed by atoms with van der Waals surface area (Å²) in [5, 5.41) is 7.07. The molecule has 0 N–H and O–H groups in total. The molecule has 0 aliphatic heterocycles. The summed E-state index contributed by atoms with van der Waals surface area (Å²) in [5.41, 5.74) is 0.180. The van der Waals surface area contributed by atoms with Gasteiger partial charge in [0.05, 0.1) is 18.5 Å². The summed E-state index contributed by atoms with van der Waals surface area (Å²) in [4.78, 5) is 7.62. The number of pyridine rings is 1. The zero-order chi connectivity index (χ0) is 22.3. The summed E-state index contributed by atoms with van der Waals surface area (Å²) in [7, 11) is 0. The van der Waals surface area contributed by atoms with Crippen LogP contribution in [0.4, 0.5) is 26.3 Å². The number of alkyl halides is 5. The highest BCUT2D eigenvalue weighted by Gasteiger charge is 2.40. The van der Waals surface area contributed by atoms with Crippen molar-refractivity contribution < 1.29 is 35.8 Å². The molecule has 3 rings (SSSR count). The fraction of sp³-hybridized carbons (Fsp3) is 0.412. The van der Waals surface area contributed by atoms with Crippen molar-refractivity contribution in [2.45, 2.75) is 39.2 Å². The lowest BCUT2D eigenvalue weighted by atomic mass is 10.1. The molecule has 13 heteroatoms. The van der Waals surface area contributed by atoms with Crippen LogP contribution >= 0.6 is 0 Å². The number of aryl methyl sites for hydroxylation is 1. The first kappa shape index (κ1) is 21.7. The summed E-state index contributed by atoms with van der Waals surface area (Å²) >= 11 is 0. The van der Waals surface area contributed by atoms with Gasteiger partial charge in [0.15, 0.2) is 17.6 Å². The van der Waals surface area contributed by atoms with E-state index >= 15 is 0 Å². The molecule has 0 bridgehead atoms. The molecule has 162 valence electrons. The number of halogens is 6. The lowest BCUT2D eigenvalue weighted by molar-refractivity contribution is -0.251. The Balaban J connectivity index is 2.03. The standard InChI is InChI=1S/C17H15F6N5O2/c1-4-29-17(22,23)15-27-26-12-7-24-13(8(2)28(12)15)10-5-11(18)14(25-6-10)30-9(3)16(19,20)21/h5-7,9H,4H2,1-3H3. The van der Waals surface area contributed by atoms with E-state index in [4.69, 9.17) is 0 Å². The number of hydrogen-bond donors (Lipinski definition) is 0. The van der Waals surface area contributed by atoms with E-state index in [1.807, 2.05) is 0 Å². The van der Waals surface area contributed by atoms with Crippen molar-refractivity contribution >= 4 is 5.65 Å².